The van der Waals surface area contributed by atoms with Gasteiger partial charge in [-0.25, -0.2) is 4.98 Å². The molecule has 0 amide bonds. The molecule has 2 aromatic rings. The average Bonchev–Trinajstić information content (AvgIpc) is 3.01. The number of rotatable bonds is 2. The van der Waals surface area contributed by atoms with Crippen molar-refractivity contribution in [3.63, 3.8) is 0 Å². The molecule has 1 atom stereocenters. The summed E-state index contributed by atoms with van der Waals surface area (Å²) in [6, 6.07) is 4.01. The minimum absolute atomic E-state index is 0.105. The largest absolute Gasteiger partial charge is 0.369 e. The van der Waals surface area contributed by atoms with Crippen LogP contribution in [0, 0.1) is 0 Å². The van der Waals surface area contributed by atoms with E-state index in [4.69, 9.17) is 4.74 Å². The first-order valence-electron chi connectivity index (χ1n) is 5.35. The van der Waals surface area contributed by atoms with Crippen molar-refractivity contribution in [3.05, 3.63) is 29.4 Å². The summed E-state index contributed by atoms with van der Waals surface area (Å²) in [5.41, 5.74) is 2.10. The predicted molar refractivity (Wildman–Crippen MR) is 63.5 cm³/mol. The highest BCUT2D eigenvalue weighted by molar-refractivity contribution is 7.13. The molecular formula is C11H13N3OS. The number of nitrogens with zero attached hydrogens (tertiary/aromatic N) is 1. The molecule has 0 spiro atoms. The summed E-state index contributed by atoms with van der Waals surface area (Å²) >= 11 is 1.65. The molecule has 0 aromatic carbocycles. The first kappa shape index (κ1) is 10.0. The number of hydrogen-bond acceptors (Lipinski definition) is 4. The minimum atomic E-state index is 0.105. The van der Waals surface area contributed by atoms with Crippen molar-refractivity contribution in [2.45, 2.75) is 6.10 Å². The zero-order chi connectivity index (χ0) is 10.8. The van der Waals surface area contributed by atoms with Crippen LogP contribution in [0.1, 0.15) is 11.8 Å². The third-order valence-corrected chi connectivity index (χ3v) is 3.50. The Labute approximate surface area is 97.7 Å². The molecule has 4 nitrogen and oxygen atoms in total. The summed E-state index contributed by atoms with van der Waals surface area (Å²) in [4.78, 5) is 7.76. The van der Waals surface area contributed by atoms with Crippen LogP contribution < -0.4 is 5.32 Å². The van der Waals surface area contributed by atoms with Gasteiger partial charge in [0, 0.05) is 24.7 Å². The third-order valence-electron chi connectivity index (χ3n) is 2.61. The number of morpholine rings is 1. The van der Waals surface area contributed by atoms with E-state index in [-0.39, 0.29) is 6.10 Å². The maximum atomic E-state index is 5.67. The second-order valence-electron chi connectivity index (χ2n) is 3.72. The van der Waals surface area contributed by atoms with Crippen LogP contribution in [-0.2, 0) is 4.74 Å². The van der Waals surface area contributed by atoms with Crippen LogP contribution in [0.2, 0.25) is 0 Å². The predicted octanol–water partition coefficient (Wildman–Crippen LogP) is 1.80. The fourth-order valence-corrected chi connectivity index (χ4v) is 2.63. The number of nitrogens with one attached hydrogen (secondary N) is 2. The Morgan fingerprint density at radius 2 is 2.50 bits per heavy atom. The van der Waals surface area contributed by atoms with Gasteiger partial charge < -0.3 is 15.0 Å². The molecule has 0 aliphatic carbocycles. The van der Waals surface area contributed by atoms with Crippen molar-refractivity contribution in [1.82, 2.24) is 15.3 Å². The summed E-state index contributed by atoms with van der Waals surface area (Å²) in [6.07, 6.45) is 2.02. The molecule has 84 valence electrons. The van der Waals surface area contributed by atoms with E-state index in [1.165, 1.54) is 0 Å². The van der Waals surface area contributed by atoms with Crippen LogP contribution in [0.15, 0.2) is 23.7 Å². The van der Waals surface area contributed by atoms with Gasteiger partial charge in [-0.15, -0.1) is 11.3 Å². The molecule has 2 aromatic heterocycles. The van der Waals surface area contributed by atoms with Gasteiger partial charge in [0.25, 0.3) is 0 Å². The SMILES string of the molecule is c1c[nH]c(-c2nc(C3CNCCO3)cs2)c1. The molecule has 1 unspecified atom stereocenters. The second kappa shape index (κ2) is 4.37. The molecule has 0 saturated carbocycles. The maximum absolute atomic E-state index is 5.67. The van der Waals surface area contributed by atoms with Crippen LogP contribution in [0.3, 0.4) is 0 Å². The van der Waals surface area contributed by atoms with Crippen molar-refractivity contribution >= 4 is 11.3 Å². The first-order valence-corrected chi connectivity index (χ1v) is 6.23. The minimum Gasteiger partial charge on any atom is -0.369 e. The lowest BCUT2D eigenvalue weighted by Gasteiger charge is -2.21. The van der Waals surface area contributed by atoms with Crippen LogP contribution in [-0.4, -0.2) is 29.7 Å². The highest BCUT2D eigenvalue weighted by atomic mass is 32.1. The summed E-state index contributed by atoms with van der Waals surface area (Å²) < 4.78 is 5.67. The number of H-pyrrole nitrogens is 1. The van der Waals surface area contributed by atoms with Crippen molar-refractivity contribution in [2.24, 2.45) is 0 Å². The molecule has 3 rings (SSSR count). The normalized spacial score (nSPS) is 21.1. The standard InChI is InChI=1S/C11H13N3OS/c1-2-8(13-3-1)11-14-9(7-16-11)10-6-12-4-5-15-10/h1-3,7,10,12-13H,4-6H2. The molecule has 0 radical (unpaired) electrons. The van der Waals surface area contributed by atoms with E-state index in [0.717, 1.165) is 36.1 Å². The molecule has 1 aliphatic heterocycles. The lowest BCUT2D eigenvalue weighted by atomic mass is 10.2. The molecule has 2 N–H and O–H groups in total. The first-order chi connectivity index (χ1) is 7.93. The highest BCUT2D eigenvalue weighted by Gasteiger charge is 2.18. The molecule has 1 aliphatic rings. The fraction of sp³-hybridized carbons (Fsp3) is 0.364. The number of aromatic nitrogens is 2. The lowest BCUT2D eigenvalue weighted by Crippen LogP contribution is -2.33. The van der Waals surface area contributed by atoms with Gasteiger partial charge >= 0.3 is 0 Å². The Bertz CT molecular complexity index is 446. The third kappa shape index (κ3) is 1.89. The van der Waals surface area contributed by atoms with Crippen molar-refractivity contribution in [3.8, 4) is 10.7 Å². The van der Waals surface area contributed by atoms with Crippen LogP contribution in [0.25, 0.3) is 10.7 Å². The van der Waals surface area contributed by atoms with Crippen LogP contribution in [0.4, 0.5) is 0 Å². The van der Waals surface area contributed by atoms with Gasteiger partial charge in [-0.2, -0.15) is 0 Å². The van der Waals surface area contributed by atoms with Gasteiger partial charge in [-0.05, 0) is 12.1 Å². The fourth-order valence-electron chi connectivity index (χ4n) is 1.78. The van der Waals surface area contributed by atoms with Gasteiger partial charge in [-0.3, -0.25) is 0 Å². The average molecular weight is 235 g/mol. The van der Waals surface area contributed by atoms with E-state index >= 15 is 0 Å². The van der Waals surface area contributed by atoms with E-state index in [1.54, 1.807) is 11.3 Å². The number of thiazole rings is 1. The Morgan fingerprint density at radius 3 is 3.25 bits per heavy atom. The number of ether oxygens (including phenoxy) is 1. The smallest absolute Gasteiger partial charge is 0.140 e. The quantitative estimate of drug-likeness (QED) is 0.834. The highest BCUT2D eigenvalue weighted by Crippen LogP contribution is 2.26. The van der Waals surface area contributed by atoms with E-state index < -0.39 is 0 Å². The second-order valence-corrected chi connectivity index (χ2v) is 4.58. The van der Waals surface area contributed by atoms with Gasteiger partial charge in [0.2, 0.25) is 0 Å². The summed E-state index contributed by atoms with van der Waals surface area (Å²) in [6.45, 7) is 2.55. The lowest BCUT2D eigenvalue weighted by molar-refractivity contribution is 0.0254. The summed E-state index contributed by atoms with van der Waals surface area (Å²) in [5.74, 6) is 0. The Balaban J connectivity index is 1.82. The van der Waals surface area contributed by atoms with Crippen LogP contribution in [0.5, 0.6) is 0 Å². The van der Waals surface area contributed by atoms with E-state index in [9.17, 15) is 0 Å². The molecule has 3 heterocycles. The van der Waals surface area contributed by atoms with Crippen LogP contribution >= 0.6 is 11.3 Å². The molecule has 5 heteroatoms. The topological polar surface area (TPSA) is 49.9 Å². The maximum Gasteiger partial charge on any atom is 0.140 e. The van der Waals surface area contributed by atoms with E-state index in [0.29, 0.717) is 0 Å². The van der Waals surface area contributed by atoms with Gasteiger partial charge in [0.1, 0.15) is 11.1 Å². The van der Waals surface area contributed by atoms with Gasteiger partial charge in [-0.1, -0.05) is 0 Å². The zero-order valence-electron chi connectivity index (χ0n) is 8.77. The Morgan fingerprint density at radius 1 is 1.50 bits per heavy atom. The van der Waals surface area contributed by atoms with Crippen molar-refractivity contribution in [1.29, 1.82) is 0 Å². The molecule has 16 heavy (non-hydrogen) atoms. The number of hydrogen-bond donors (Lipinski definition) is 2. The monoisotopic (exact) mass is 235 g/mol. The Kier molecular flexibility index (Phi) is 2.73. The van der Waals surface area contributed by atoms with Crippen molar-refractivity contribution in [2.75, 3.05) is 19.7 Å². The van der Waals surface area contributed by atoms with Gasteiger partial charge in [0.05, 0.1) is 18.0 Å². The Hall–Kier alpha value is -1.17. The molecule has 1 fully saturated rings. The molecule has 0 bridgehead atoms. The summed E-state index contributed by atoms with van der Waals surface area (Å²) in [7, 11) is 0. The zero-order valence-corrected chi connectivity index (χ0v) is 9.59. The number of aromatic amines is 1. The summed E-state index contributed by atoms with van der Waals surface area (Å²) in [5, 5.41) is 6.41. The molecule has 1 saturated heterocycles. The van der Waals surface area contributed by atoms with E-state index in [1.807, 2.05) is 18.3 Å². The van der Waals surface area contributed by atoms with E-state index in [2.05, 4.69) is 20.7 Å². The van der Waals surface area contributed by atoms with Crippen molar-refractivity contribution < 1.29 is 4.74 Å². The molecular weight excluding hydrogens is 222 g/mol. The van der Waals surface area contributed by atoms with Gasteiger partial charge in [0.15, 0.2) is 0 Å².